The van der Waals surface area contributed by atoms with Gasteiger partial charge in [0.25, 0.3) is 12.3 Å². The molecule has 4 N–H and O–H groups in total. The summed E-state index contributed by atoms with van der Waals surface area (Å²) in [6.45, 7) is -0.755. The number of aromatic nitrogens is 1. The summed E-state index contributed by atoms with van der Waals surface area (Å²) in [6.07, 6.45) is -7.86. The molecule has 0 aliphatic rings. The zero-order valence-electron chi connectivity index (χ0n) is 8.76. The highest BCUT2D eigenvalue weighted by Crippen LogP contribution is 2.35. The van der Waals surface area contributed by atoms with E-state index in [1.165, 1.54) is 0 Å². The van der Waals surface area contributed by atoms with Crippen LogP contribution in [0.2, 0.25) is 0 Å². The number of rotatable bonds is 3. The second kappa shape index (κ2) is 4.84. The third-order valence-electron chi connectivity index (χ3n) is 2.18. The normalized spacial score (nSPS) is 11.9. The molecule has 0 unspecified atom stereocenters. The quantitative estimate of drug-likeness (QED) is 0.817. The van der Waals surface area contributed by atoms with Crippen molar-refractivity contribution in [2.75, 3.05) is 0 Å². The molecule has 0 saturated heterocycles. The van der Waals surface area contributed by atoms with Gasteiger partial charge < -0.3 is 11.5 Å². The van der Waals surface area contributed by atoms with Gasteiger partial charge in [0.2, 0.25) is 0 Å². The second-order valence-corrected chi connectivity index (χ2v) is 3.28. The SMILES string of the molecule is NCc1c(C(F)(F)F)cnc(C(F)F)c1C(N)=O. The van der Waals surface area contributed by atoms with Crippen LogP contribution in [0.3, 0.4) is 0 Å². The van der Waals surface area contributed by atoms with Crippen molar-refractivity contribution in [3.8, 4) is 0 Å². The summed E-state index contributed by atoms with van der Waals surface area (Å²) in [7, 11) is 0. The molecule has 1 aromatic rings. The van der Waals surface area contributed by atoms with Crippen LogP contribution < -0.4 is 11.5 Å². The average molecular weight is 269 g/mol. The smallest absolute Gasteiger partial charge is 0.366 e. The lowest BCUT2D eigenvalue weighted by Gasteiger charge is -2.16. The third-order valence-corrected chi connectivity index (χ3v) is 2.18. The Bertz CT molecular complexity index is 472. The zero-order chi connectivity index (χ0) is 14.1. The first-order valence-corrected chi connectivity index (χ1v) is 4.57. The van der Waals surface area contributed by atoms with Crippen LogP contribution in [-0.4, -0.2) is 10.9 Å². The molecule has 9 heteroatoms. The van der Waals surface area contributed by atoms with E-state index >= 15 is 0 Å². The van der Waals surface area contributed by atoms with E-state index in [-0.39, 0.29) is 6.20 Å². The molecule has 0 aliphatic heterocycles. The average Bonchev–Trinajstić information content (AvgIpc) is 2.25. The molecule has 1 aromatic heterocycles. The van der Waals surface area contributed by atoms with Crippen molar-refractivity contribution in [1.29, 1.82) is 0 Å². The highest BCUT2D eigenvalue weighted by molar-refractivity contribution is 5.96. The third kappa shape index (κ3) is 2.55. The zero-order valence-corrected chi connectivity index (χ0v) is 8.76. The predicted molar refractivity (Wildman–Crippen MR) is 50.6 cm³/mol. The maximum Gasteiger partial charge on any atom is 0.418 e. The number of amides is 1. The van der Waals surface area contributed by atoms with Gasteiger partial charge in [-0.3, -0.25) is 9.78 Å². The van der Waals surface area contributed by atoms with Crippen molar-refractivity contribution in [2.24, 2.45) is 11.5 Å². The lowest BCUT2D eigenvalue weighted by atomic mass is 10.00. The first kappa shape index (κ1) is 14.3. The Morgan fingerprint density at radius 2 is 1.94 bits per heavy atom. The molecule has 1 rings (SSSR count). The van der Waals surface area contributed by atoms with Gasteiger partial charge in [-0.25, -0.2) is 8.78 Å². The van der Waals surface area contributed by atoms with Crippen LogP contribution in [0.5, 0.6) is 0 Å². The van der Waals surface area contributed by atoms with E-state index in [1.807, 2.05) is 0 Å². The number of primary amides is 1. The number of carbonyl (C=O) groups excluding carboxylic acids is 1. The van der Waals surface area contributed by atoms with E-state index in [9.17, 15) is 26.7 Å². The molecule has 0 atom stereocenters. The first-order valence-electron chi connectivity index (χ1n) is 4.57. The Morgan fingerprint density at radius 1 is 1.39 bits per heavy atom. The van der Waals surface area contributed by atoms with E-state index in [2.05, 4.69) is 4.98 Å². The maximum absolute atomic E-state index is 12.6. The molecule has 0 aromatic carbocycles. The molecule has 18 heavy (non-hydrogen) atoms. The number of alkyl halides is 5. The van der Waals surface area contributed by atoms with Crippen LogP contribution in [0.15, 0.2) is 6.20 Å². The summed E-state index contributed by atoms with van der Waals surface area (Å²) >= 11 is 0. The minimum atomic E-state index is -4.85. The number of hydrogen-bond acceptors (Lipinski definition) is 3. The number of nitrogens with zero attached hydrogens (tertiary/aromatic N) is 1. The summed E-state index contributed by atoms with van der Waals surface area (Å²) in [4.78, 5) is 14.0. The van der Waals surface area contributed by atoms with Gasteiger partial charge in [0.05, 0.1) is 11.1 Å². The number of hydrogen-bond donors (Lipinski definition) is 2. The van der Waals surface area contributed by atoms with Crippen LogP contribution in [0.4, 0.5) is 22.0 Å². The molecule has 100 valence electrons. The Labute approximate surface area is 97.8 Å². The number of pyridine rings is 1. The summed E-state index contributed by atoms with van der Waals surface area (Å²) in [5, 5.41) is 0. The molecule has 4 nitrogen and oxygen atoms in total. The Morgan fingerprint density at radius 3 is 2.28 bits per heavy atom. The molecular formula is C9H8F5N3O. The fourth-order valence-electron chi connectivity index (χ4n) is 1.46. The van der Waals surface area contributed by atoms with Gasteiger partial charge in [-0.2, -0.15) is 13.2 Å². The Hall–Kier alpha value is -1.77. The van der Waals surface area contributed by atoms with E-state index in [4.69, 9.17) is 11.5 Å². The molecular weight excluding hydrogens is 261 g/mol. The fourth-order valence-corrected chi connectivity index (χ4v) is 1.46. The molecule has 0 spiro atoms. The van der Waals surface area contributed by atoms with Crippen molar-refractivity contribution in [3.05, 3.63) is 28.6 Å². The monoisotopic (exact) mass is 269 g/mol. The molecule has 1 heterocycles. The highest BCUT2D eigenvalue weighted by atomic mass is 19.4. The standard InChI is InChI=1S/C9H8F5N3O/c10-7(11)6-5(8(16)18)3(1-15)4(2-17-6)9(12,13)14/h2,7H,1,15H2,(H2,16,18). The topological polar surface area (TPSA) is 82.0 Å². The van der Waals surface area contributed by atoms with Gasteiger partial charge in [0.15, 0.2) is 0 Å². The second-order valence-electron chi connectivity index (χ2n) is 3.28. The number of carbonyl (C=O) groups is 1. The van der Waals surface area contributed by atoms with Gasteiger partial charge in [-0.1, -0.05) is 0 Å². The summed E-state index contributed by atoms with van der Waals surface area (Å²) in [5.74, 6) is -1.43. The van der Waals surface area contributed by atoms with Gasteiger partial charge in [-0.05, 0) is 5.56 Å². The van der Waals surface area contributed by atoms with Crippen molar-refractivity contribution < 1.29 is 26.7 Å². The Balaban J connectivity index is 3.64. The number of halogens is 5. The van der Waals surface area contributed by atoms with Gasteiger partial charge in [-0.15, -0.1) is 0 Å². The van der Waals surface area contributed by atoms with Crippen LogP contribution in [0, 0.1) is 0 Å². The molecule has 0 bridgehead atoms. The first-order chi connectivity index (χ1) is 8.20. The lowest BCUT2D eigenvalue weighted by Crippen LogP contribution is -2.23. The minimum absolute atomic E-state index is 0.218. The molecule has 0 fully saturated rings. The Kier molecular flexibility index (Phi) is 3.85. The maximum atomic E-state index is 12.6. The van der Waals surface area contributed by atoms with Crippen LogP contribution >= 0.6 is 0 Å². The van der Waals surface area contributed by atoms with Crippen molar-refractivity contribution in [1.82, 2.24) is 4.98 Å². The van der Waals surface area contributed by atoms with E-state index < -0.39 is 47.4 Å². The van der Waals surface area contributed by atoms with Crippen molar-refractivity contribution in [2.45, 2.75) is 19.1 Å². The molecule has 0 radical (unpaired) electrons. The summed E-state index contributed by atoms with van der Waals surface area (Å²) in [6, 6.07) is 0. The van der Waals surface area contributed by atoms with E-state index in [1.54, 1.807) is 0 Å². The number of nitrogens with two attached hydrogens (primary N) is 2. The van der Waals surface area contributed by atoms with Crippen molar-refractivity contribution >= 4 is 5.91 Å². The lowest BCUT2D eigenvalue weighted by molar-refractivity contribution is -0.138. The van der Waals surface area contributed by atoms with E-state index in [0.29, 0.717) is 0 Å². The fraction of sp³-hybridized carbons (Fsp3) is 0.333. The molecule has 1 amide bonds. The van der Waals surface area contributed by atoms with Gasteiger partial charge in [0.1, 0.15) is 5.69 Å². The summed E-state index contributed by atoms with van der Waals surface area (Å²) < 4.78 is 62.8. The van der Waals surface area contributed by atoms with Gasteiger partial charge >= 0.3 is 6.18 Å². The van der Waals surface area contributed by atoms with Crippen LogP contribution in [0.1, 0.15) is 33.6 Å². The largest absolute Gasteiger partial charge is 0.418 e. The minimum Gasteiger partial charge on any atom is -0.366 e. The van der Waals surface area contributed by atoms with E-state index in [0.717, 1.165) is 0 Å². The summed E-state index contributed by atoms with van der Waals surface area (Å²) in [5.41, 5.74) is 5.69. The van der Waals surface area contributed by atoms with Gasteiger partial charge in [0, 0.05) is 12.7 Å². The molecule has 0 aliphatic carbocycles. The highest BCUT2D eigenvalue weighted by Gasteiger charge is 2.37. The van der Waals surface area contributed by atoms with Crippen LogP contribution in [-0.2, 0) is 12.7 Å². The van der Waals surface area contributed by atoms with Crippen molar-refractivity contribution in [3.63, 3.8) is 0 Å². The van der Waals surface area contributed by atoms with Crippen LogP contribution in [0.25, 0.3) is 0 Å². The molecule has 0 saturated carbocycles. The predicted octanol–water partition coefficient (Wildman–Crippen LogP) is 1.60.